The number of sulfonamides is 1. The molecule has 1 saturated heterocycles. The van der Waals surface area contributed by atoms with Crippen molar-refractivity contribution in [2.24, 2.45) is 5.92 Å². The Kier molecular flexibility index (Phi) is 7.57. The number of amides is 1. The van der Waals surface area contributed by atoms with Crippen LogP contribution in [0.3, 0.4) is 0 Å². The highest BCUT2D eigenvalue weighted by Crippen LogP contribution is 2.37. The van der Waals surface area contributed by atoms with E-state index in [1.165, 1.54) is 18.2 Å². The summed E-state index contributed by atoms with van der Waals surface area (Å²) in [6.45, 7) is 3.24. The zero-order chi connectivity index (χ0) is 27.1. The predicted molar refractivity (Wildman–Crippen MR) is 127 cm³/mol. The largest absolute Gasteiger partial charge is 0.451 e. The number of nitrogens with one attached hydrogen (secondary N) is 1. The minimum absolute atomic E-state index is 0.00297. The Morgan fingerprint density at radius 2 is 1.86 bits per heavy atom. The van der Waals surface area contributed by atoms with E-state index in [0.29, 0.717) is 4.34 Å². The molecule has 4 rings (SSSR count). The van der Waals surface area contributed by atoms with Crippen LogP contribution in [0.25, 0.3) is 11.3 Å². The molecule has 1 aliphatic heterocycles. The number of nitrogens with zero attached hydrogens (tertiary/aromatic N) is 4. The van der Waals surface area contributed by atoms with Gasteiger partial charge < -0.3 is 5.32 Å². The number of carbonyl (C=O) groups is 1. The molecule has 3 aromatic heterocycles. The van der Waals surface area contributed by atoms with Crippen LogP contribution in [0.2, 0.25) is 4.34 Å². The molecule has 0 unspecified atom stereocenters. The Labute approximate surface area is 218 Å². The van der Waals surface area contributed by atoms with E-state index in [1.54, 1.807) is 6.92 Å². The lowest BCUT2D eigenvalue weighted by molar-refractivity contribution is -0.145. The van der Waals surface area contributed by atoms with Crippen LogP contribution >= 0.6 is 22.9 Å². The van der Waals surface area contributed by atoms with Crippen molar-refractivity contribution in [3.05, 3.63) is 58.3 Å². The number of pyridine rings is 1. The Bertz CT molecular complexity index is 1420. The normalized spacial score (nSPS) is 20.8. The van der Waals surface area contributed by atoms with Gasteiger partial charge in [-0.25, -0.2) is 22.8 Å². The molecule has 1 amide bonds. The summed E-state index contributed by atoms with van der Waals surface area (Å²) in [6, 6.07) is 2.60. The Morgan fingerprint density at radius 1 is 1.19 bits per heavy atom. The van der Waals surface area contributed by atoms with Crippen LogP contribution in [-0.2, 0) is 27.5 Å². The molecule has 198 valence electrons. The molecule has 0 aromatic carbocycles. The Balaban J connectivity index is 1.53. The molecule has 8 nitrogen and oxygen atoms in total. The van der Waals surface area contributed by atoms with Crippen molar-refractivity contribution in [1.29, 1.82) is 0 Å². The minimum atomic E-state index is -4.71. The van der Waals surface area contributed by atoms with Gasteiger partial charge in [-0.15, -0.1) is 11.3 Å². The molecule has 3 aromatic rings. The summed E-state index contributed by atoms with van der Waals surface area (Å²) in [5, 5.41) is 2.57. The van der Waals surface area contributed by atoms with Crippen molar-refractivity contribution in [3.8, 4) is 11.3 Å². The number of hydrogen-bond acceptors (Lipinski definition) is 7. The van der Waals surface area contributed by atoms with Crippen LogP contribution in [0.15, 0.2) is 41.0 Å². The zero-order valence-electron chi connectivity index (χ0n) is 19.3. The highest BCUT2D eigenvalue weighted by Gasteiger charge is 2.47. The number of rotatable bonds is 6. The quantitative estimate of drug-likeness (QED) is 0.432. The van der Waals surface area contributed by atoms with Gasteiger partial charge in [0.25, 0.3) is 10.0 Å². The maximum atomic E-state index is 14.4. The number of alkyl halides is 3. The van der Waals surface area contributed by atoms with Crippen LogP contribution in [0.1, 0.15) is 31.7 Å². The van der Waals surface area contributed by atoms with Gasteiger partial charge in [-0.1, -0.05) is 18.5 Å². The molecule has 1 aliphatic rings. The Morgan fingerprint density at radius 3 is 2.46 bits per heavy atom. The molecule has 1 fully saturated rings. The van der Waals surface area contributed by atoms with Crippen LogP contribution in [0, 0.1) is 11.7 Å². The summed E-state index contributed by atoms with van der Waals surface area (Å²) in [7, 11) is -4.01. The van der Waals surface area contributed by atoms with Gasteiger partial charge in [-0.2, -0.15) is 17.5 Å². The van der Waals surface area contributed by atoms with Gasteiger partial charge in [0.15, 0.2) is 0 Å². The summed E-state index contributed by atoms with van der Waals surface area (Å²) in [5.41, 5.74) is 0.212. The molecule has 0 saturated carbocycles. The lowest BCUT2D eigenvalue weighted by Crippen LogP contribution is -2.48. The van der Waals surface area contributed by atoms with Crippen molar-refractivity contribution >= 4 is 38.9 Å². The van der Waals surface area contributed by atoms with Gasteiger partial charge in [0.2, 0.25) is 11.7 Å². The molecule has 4 heterocycles. The number of carbonyl (C=O) groups excluding carboxylic acids is 1. The third-order valence-corrected chi connectivity index (χ3v) is 9.79. The van der Waals surface area contributed by atoms with E-state index in [4.69, 9.17) is 11.6 Å². The van der Waals surface area contributed by atoms with Gasteiger partial charge in [0, 0.05) is 36.1 Å². The first-order valence-electron chi connectivity index (χ1n) is 10.9. The number of aromatic nitrogens is 3. The molecule has 0 radical (unpaired) electrons. The van der Waals surface area contributed by atoms with Crippen molar-refractivity contribution < 1.29 is 30.8 Å². The third kappa shape index (κ3) is 5.61. The van der Waals surface area contributed by atoms with Crippen LogP contribution in [0.5, 0.6) is 0 Å². The molecule has 0 aliphatic carbocycles. The monoisotopic (exact) mass is 577 g/mol. The summed E-state index contributed by atoms with van der Waals surface area (Å²) in [5.74, 6) is -2.82. The lowest BCUT2D eigenvalue weighted by Gasteiger charge is -2.27. The van der Waals surface area contributed by atoms with Crippen molar-refractivity contribution in [2.75, 3.05) is 0 Å². The van der Waals surface area contributed by atoms with E-state index in [-0.39, 0.29) is 39.9 Å². The van der Waals surface area contributed by atoms with E-state index in [9.17, 15) is 30.8 Å². The third-order valence-electron chi connectivity index (χ3n) is 6.10. The minimum Gasteiger partial charge on any atom is -0.351 e. The van der Waals surface area contributed by atoms with E-state index >= 15 is 0 Å². The first-order valence-corrected chi connectivity index (χ1v) is 13.5. The standard InChI is InChI=1S/C22H20ClF4N5O3S2/c1-11-5-17(32(12(11)2)37(34,35)19-4-3-18(23)36-19)20(33)29-7-13-6-16(28-10-15(13)24)14-8-30-21(31-9-14)22(25,26)27/h3-4,6,8-12,17H,5,7H2,1-2H3,(H,29,33)/t11-,12+,17+/m1/s1. The smallest absolute Gasteiger partial charge is 0.351 e. The zero-order valence-corrected chi connectivity index (χ0v) is 21.7. The first kappa shape index (κ1) is 27.4. The fourth-order valence-corrected chi connectivity index (χ4v) is 7.49. The van der Waals surface area contributed by atoms with E-state index < -0.39 is 45.8 Å². The fourth-order valence-electron chi connectivity index (χ4n) is 4.02. The molecular weight excluding hydrogens is 558 g/mol. The molecule has 15 heteroatoms. The fraction of sp³-hybridized carbons (Fsp3) is 0.364. The summed E-state index contributed by atoms with van der Waals surface area (Å²) < 4.78 is 80.6. The van der Waals surface area contributed by atoms with E-state index in [0.717, 1.165) is 34.2 Å². The maximum absolute atomic E-state index is 14.4. The van der Waals surface area contributed by atoms with Gasteiger partial charge in [0.05, 0.1) is 16.2 Å². The second-order valence-electron chi connectivity index (χ2n) is 8.53. The SMILES string of the molecule is C[C@@H]1C[C@@H](C(=O)NCc2cc(-c3cnc(C(F)(F)F)nc3)ncc2F)N(S(=O)(=O)c2ccc(Cl)s2)[C@H]1C. The summed E-state index contributed by atoms with van der Waals surface area (Å²) in [6.07, 6.45) is -1.75. The van der Waals surface area contributed by atoms with Gasteiger partial charge in [0.1, 0.15) is 16.1 Å². The van der Waals surface area contributed by atoms with Crippen molar-refractivity contribution in [3.63, 3.8) is 0 Å². The molecule has 0 bridgehead atoms. The summed E-state index contributed by atoms with van der Waals surface area (Å²) in [4.78, 5) is 23.5. The highest BCUT2D eigenvalue weighted by atomic mass is 35.5. The van der Waals surface area contributed by atoms with E-state index in [2.05, 4.69) is 20.3 Å². The number of hydrogen-bond donors (Lipinski definition) is 1. The molecular formula is C22H20ClF4N5O3S2. The van der Waals surface area contributed by atoms with Crippen LogP contribution in [-0.4, -0.2) is 45.7 Å². The second kappa shape index (κ2) is 10.2. The topological polar surface area (TPSA) is 105 Å². The lowest BCUT2D eigenvalue weighted by atomic mass is 10.0. The first-order chi connectivity index (χ1) is 17.3. The van der Waals surface area contributed by atoms with Crippen LogP contribution in [0.4, 0.5) is 17.6 Å². The molecule has 37 heavy (non-hydrogen) atoms. The van der Waals surface area contributed by atoms with Crippen LogP contribution < -0.4 is 5.32 Å². The molecule has 1 N–H and O–H groups in total. The number of thiophene rings is 1. The second-order valence-corrected chi connectivity index (χ2v) is 12.3. The molecule has 3 atom stereocenters. The predicted octanol–water partition coefficient (Wildman–Crippen LogP) is 4.52. The van der Waals surface area contributed by atoms with Gasteiger partial charge >= 0.3 is 6.18 Å². The average molecular weight is 578 g/mol. The Hall–Kier alpha value is -2.68. The summed E-state index contributed by atoms with van der Waals surface area (Å²) >= 11 is 6.80. The average Bonchev–Trinajstić information content (AvgIpc) is 3.41. The molecule has 0 spiro atoms. The maximum Gasteiger partial charge on any atom is 0.451 e. The highest BCUT2D eigenvalue weighted by molar-refractivity contribution is 7.91. The van der Waals surface area contributed by atoms with Gasteiger partial charge in [-0.3, -0.25) is 9.78 Å². The van der Waals surface area contributed by atoms with Crippen molar-refractivity contribution in [2.45, 2.75) is 49.3 Å². The number of halogens is 5. The van der Waals surface area contributed by atoms with Gasteiger partial charge in [-0.05, 0) is 37.5 Å². The van der Waals surface area contributed by atoms with Crippen molar-refractivity contribution in [1.82, 2.24) is 24.6 Å². The van der Waals surface area contributed by atoms with E-state index in [1.807, 2.05) is 6.92 Å².